The van der Waals surface area contributed by atoms with Gasteiger partial charge in [0, 0.05) is 6.42 Å². The van der Waals surface area contributed by atoms with Crippen molar-refractivity contribution in [2.75, 3.05) is 6.61 Å². The average molecular weight is 303 g/mol. The molecule has 0 spiro atoms. The molecule has 8 heteroatoms. The minimum Gasteiger partial charge on any atom is -0.464 e. The minimum absolute atomic E-state index is 0.0578. The number of benzene rings is 1. The van der Waals surface area contributed by atoms with Gasteiger partial charge in [-0.1, -0.05) is 30.3 Å². The lowest BCUT2D eigenvalue weighted by molar-refractivity contribution is -0.147. The molecule has 0 aliphatic carbocycles. The molecule has 2 aromatic rings. The van der Waals surface area contributed by atoms with Crippen molar-refractivity contribution >= 4 is 11.9 Å². The Bertz CT molecular complexity index is 600. The SMILES string of the molecule is CCOC(=O)[C@@H](Cc1ccccc1)NC(=O)Cn1cnnn1. The maximum absolute atomic E-state index is 12.0. The maximum atomic E-state index is 12.0. The van der Waals surface area contributed by atoms with E-state index in [0.29, 0.717) is 6.42 Å². The van der Waals surface area contributed by atoms with Crippen molar-refractivity contribution in [1.82, 2.24) is 25.5 Å². The fourth-order valence-corrected chi connectivity index (χ4v) is 1.93. The molecule has 2 rings (SSSR count). The lowest BCUT2D eigenvalue weighted by Gasteiger charge is -2.17. The number of nitrogens with zero attached hydrogens (tertiary/aromatic N) is 4. The normalized spacial score (nSPS) is 11.7. The number of ether oxygens (including phenoxy) is 1. The second-order valence-electron chi connectivity index (χ2n) is 4.57. The molecule has 1 aromatic carbocycles. The Morgan fingerprint density at radius 1 is 1.32 bits per heavy atom. The number of tetrazole rings is 1. The van der Waals surface area contributed by atoms with Gasteiger partial charge in [0.15, 0.2) is 0 Å². The van der Waals surface area contributed by atoms with Crippen molar-refractivity contribution < 1.29 is 14.3 Å². The molecule has 116 valence electrons. The van der Waals surface area contributed by atoms with Crippen LogP contribution in [0.2, 0.25) is 0 Å². The van der Waals surface area contributed by atoms with E-state index < -0.39 is 12.0 Å². The summed E-state index contributed by atoms with van der Waals surface area (Å²) in [4.78, 5) is 24.0. The molecule has 1 heterocycles. The molecule has 0 aliphatic heterocycles. The van der Waals surface area contributed by atoms with Crippen molar-refractivity contribution in [3.05, 3.63) is 42.2 Å². The zero-order chi connectivity index (χ0) is 15.8. The van der Waals surface area contributed by atoms with Crippen LogP contribution in [0, 0.1) is 0 Å². The van der Waals surface area contributed by atoms with Gasteiger partial charge < -0.3 is 10.1 Å². The van der Waals surface area contributed by atoms with Crippen LogP contribution >= 0.6 is 0 Å². The molecule has 0 radical (unpaired) electrons. The number of nitrogens with one attached hydrogen (secondary N) is 1. The highest BCUT2D eigenvalue weighted by Gasteiger charge is 2.22. The summed E-state index contributed by atoms with van der Waals surface area (Å²) in [6, 6.07) is 8.67. The largest absolute Gasteiger partial charge is 0.464 e. The Morgan fingerprint density at radius 2 is 2.09 bits per heavy atom. The fraction of sp³-hybridized carbons (Fsp3) is 0.357. The molecule has 0 fully saturated rings. The fourth-order valence-electron chi connectivity index (χ4n) is 1.93. The molecule has 0 saturated heterocycles. The smallest absolute Gasteiger partial charge is 0.328 e. The Kier molecular flexibility index (Phi) is 5.58. The van der Waals surface area contributed by atoms with Crippen molar-refractivity contribution in [1.29, 1.82) is 0 Å². The third kappa shape index (κ3) is 4.65. The topological polar surface area (TPSA) is 99.0 Å². The maximum Gasteiger partial charge on any atom is 0.328 e. The lowest BCUT2D eigenvalue weighted by atomic mass is 10.1. The minimum atomic E-state index is -0.744. The third-order valence-corrected chi connectivity index (χ3v) is 2.89. The van der Waals surface area contributed by atoms with Gasteiger partial charge in [0.05, 0.1) is 6.61 Å². The van der Waals surface area contributed by atoms with Crippen molar-refractivity contribution in [3.8, 4) is 0 Å². The lowest BCUT2D eigenvalue weighted by Crippen LogP contribution is -2.44. The van der Waals surface area contributed by atoms with Crippen LogP contribution in [0.1, 0.15) is 12.5 Å². The first-order chi connectivity index (χ1) is 10.7. The second-order valence-corrected chi connectivity index (χ2v) is 4.57. The first-order valence-electron chi connectivity index (χ1n) is 6.89. The van der Waals surface area contributed by atoms with Gasteiger partial charge in [0.25, 0.3) is 0 Å². The number of esters is 1. The van der Waals surface area contributed by atoms with Crippen molar-refractivity contribution in [3.63, 3.8) is 0 Å². The molecule has 0 unspecified atom stereocenters. The van der Waals surface area contributed by atoms with E-state index >= 15 is 0 Å². The molecule has 1 atom stereocenters. The van der Waals surface area contributed by atoms with Gasteiger partial charge in [-0.3, -0.25) is 4.79 Å². The highest BCUT2D eigenvalue weighted by molar-refractivity contribution is 5.84. The van der Waals surface area contributed by atoms with E-state index in [1.54, 1.807) is 6.92 Å². The standard InChI is InChI=1S/C14H17N5O3/c1-2-22-14(21)12(8-11-6-4-3-5-7-11)16-13(20)9-19-10-15-17-18-19/h3-7,10,12H,2,8-9H2,1H3,(H,16,20)/t12-/m1/s1. The third-order valence-electron chi connectivity index (χ3n) is 2.89. The van der Waals surface area contributed by atoms with Gasteiger partial charge in [-0.2, -0.15) is 0 Å². The molecule has 1 N–H and O–H groups in total. The van der Waals surface area contributed by atoms with Gasteiger partial charge in [-0.15, -0.1) is 5.10 Å². The number of carbonyl (C=O) groups is 2. The molecule has 1 amide bonds. The molecular weight excluding hydrogens is 286 g/mol. The van der Waals surface area contributed by atoms with E-state index in [-0.39, 0.29) is 19.1 Å². The van der Waals surface area contributed by atoms with Crippen LogP contribution in [0.4, 0.5) is 0 Å². The molecule has 0 aliphatic rings. The predicted molar refractivity (Wildman–Crippen MR) is 76.5 cm³/mol. The highest BCUT2D eigenvalue weighted by Crippen LogP contribution is 2.05. The zero-order valence-corrected chi connectivity index (χ0v) is 12.2. The van der Waals surface area contributed by atoms with E-state index in [1.165, 1.54) is 11.0 Å². The number of carbonyl (C=O) groups excluding carboxylic acids is 2. The highest BCUT2D eigenvalue weighted by atomic mass is 16.5. The molecule has 8 nitrogen and oxygen atoms in total. The van der Waals surface area contributed by atoms with E-state index in [0.717, 1.165) is 5.56 Å². The van der Waals surface area contributed by atoms with E-state index in [9.17, 15) is 9.59 Å². The summed E-state index contributed by atoms with van der Waals surface area (Å²) >= 11 is 0. The quantitative estimate of drug-likeness (QED) is 0.721. The summed E-state index contributed by atoms with van der Waals surface area (Å²) in [5.74, 6) is -0.822. The van der Waals surface area contributed by atoms with E-state index in [4.69, 9.17) is 4.74 Å². The van der Waals surface area contributed by atoms with Gasteiger partial charge in [-0.05, 0) is 22.9 Å². The van der Waals surface area contributed by atoms with Crippen molar-refractivity contribution in [2.24, 2.45) is 0 Å². The molecule has 0 bridgehead atoms. The van der Waals surface area contributed by atoms with E-state index in [1.807, 2.05) is 30.3 Å². The first-order valence-corrected chi connectivity index (χ1v) is 6.89. The summed E-state index contributed by atoms with van der Waals surface area (Å²) < 4.78 is 6.29. The van der Waals surface area contributed by atoms with Gasteiger partial charge in [0.1, 0.15) is 18.9 Å². The number of amides is 1. The van der Waals surface area contributed by atoms with Gasteiger partial charge in [-0.25, -0.2) is 9.48 Å². The zero-order valence-electron chi connectivity index (χ0n) is 12.2. The van der Waals surface area contributed by atoms with Gasteiger partial charge in [0.2, 0.25) is 5.91 Å². The Morgan fingerprint density at radius 3 is 2.73 bits per heavy atom. The molecule has 1 aromatic heterocycles. The second kappa shape index (κ2) is 7.87. The first kappa shape index (κ1) is 15.6. The molecule has 0 saturated carbocycles. The average Bonchev–Trinajstić information content (AvgIpc) is 3.00. The number of hydrogen-bond acceptors (Lipinski definition) is 6. The van der Waals surface area contributed by atoms with Crippen LogP contribution in [0.15, 0.2) is 36.7 Å². The summed E-state index contributed by atoms with van der Waals surface area (Å²) in [6.45, 7) is 1.92. The summed E-state index contributed by atoms with van der Waals surface area (Å²) in [5.41, 5.74) is 0.934. The number of rotatable bonds is 7. The summed E-state index contributed by atoms with van der Waals surface area (Å²) in [6.07, 6.45) is 1.69. The monoisotopic (exact) mass is 303 g/mol. The van der Waals surface area contributed by atoms with Crippen molar-refractivity contribution in [2.45, 2.75) is 25.9 Å². The Balaban J connectivity index is 2.00. The number of aromatic nitrogens is 4. The van der Waals surface area contributed by atoms with Crippen LogP contribution in [-0.4, -0.2) is 44.7 Å². The predicted octanol–water partition coefficient (Wildman–Crippen LogP) is -0.0363. The van der Waals surface area contributed by atoms with Crippen LogP contribution in [0.3, 0.4) is 0 Å². The van der Waals surface area contributed by atoms with Crippen LogP contribution < -0.4 is 5.32 Å². The van der Waals surface area contributed by atoms with Gasteiger partial charge >= 0.3 is 5.97 Å². The van der Waals surface area contributed by atoms with Crippen LogP contribution in [-0.2, 0) is 27.3 Å². The van der Waals surface area contributed by atoms with Crippen LogP contribution in [0.5, 0.6) is 0 Å². The summed E-state index contributed by atoms with van der Waals surface area (Å²) in [5, 5.41) is 13.2. The van der Waals surface area contributed by atoms with E-state index in [2.05, 4.69) is 20.8 Å². The molecular formula is C14H17N5O3. The summed E-state index contributed by atoms with van der Waals surface area (Å²) in [7, 11) is 0. The van der Waals surface area contributed by atoms with Crippen LogP contribution in [0.25, 0.3) is 0 Å². The Hall–Kier alpha value is -2.77. The Labute approximate surface area is 127 Å². The molecule has 22 heavy (non-hydrogen) atoms. The number of hydrogen-bond donors (Lipinski definition) is 1.